The van der Waals surface area contributed by atoms with E-state index in [1.54, 1.807) is 4.90 Å². The van der Waals surface area contributed by atoms with Crippen molar-refractivity contribution in [1.82, 2.24) is 5.32 Å². The molecule has 4 nitrogen and oxygen atoms in total. The topological polar surface area (TPSA) is 49.4 Å². The summed E-state index contributed by atoms with van der Waals surface area (Å²) in [7, 11) is 0. The lowest BCUT2D eigenvalue weighted by Gasteiger charge is -2.40. The Balaban J connectivity index is 2.24. The fourth-order valence-electron chi connectivity index (χ4n) is 3.40. The highest BCUT2D eigenvalue weighted by atomic mass is 16.2. The number of hydrogen-bond acceptors (Lipinski definition) is 2. The van der Waals surface area contributed by atoms with Gasteiger partial charge in [0.25, 0.3) is 0 Å². The maximum absolute atomic E-state index is 13.0. The van der Waals surface area contributed by atoms with E-state index >= 15 is 0 Å². The molecule has 1 fully saturated rings. The number of carbonyl (C=O) groups excluding carboxylic acids is 2. The van der Waals surface area contributed by atoms with Crippen molar-refractivity contribution in [3.8, 4) is 0 Å². The Morgan fingerprint density at radius 1 is 1.17 bits per heavy atom. The Hall–Kier alpha value is -1.84. The van der Waals surface area contributed by atoms with Crippen LogP contribution in [0.5, 0.6) is 0 Å². The van der Waals surface area contributed by atoms with Gasteiger partial charge >= 0.3 is 0 Å². The minimum Gasteiger partial charge on any atom is -0.351 e. The number of anilines is 1. The minimum absolute atomic E-state index is 0.0500. The molecule has 4 heteroatoms. The SMILES string of the molecule is CC[C@](C)(C(=O)NC1CCCCC1)N(C(C)=O)c1ccccc1. The summed E-state index contributed by atoms with van der Waals surface area (Å²) in [6, 6.07) is 9.69. The van der Waals surface area contributed by atoms with Crippen LogP contribution in [0.25, 0.3) is 0 Å². The molecule has 23 heavy (non-hydrogen) atoms. The monoisotopic (exact) mass is 316 g/mol. The van der Waals surface area contributed by atoms with Gasteiger partial charge in [-0.15, -0.1) is 0 Å². The van der Waals surface area contributed by atoms with E-state index in [0.29, 0.717) is 6.42 Å². The fourth-order valence-corrected chi connectivity index (χ4v) is 3.40. The molecule has 1 saturated carbocycles. The number of benzene rings is 1. The van der Waals surface area contributed by atoms with Crippen molar-refractivity contribution in [2.24, 2.45) is 0 Å². The van der Waals surface area contributed by atoms with Crippen LogP contribution in [-0.4, -0.2) is 23.4 Å². The van der Waals surface area contributed by atoms with Gasteiger partial charge in [0.1, 0.15) is 5.54 Å². The van der Waals surface area contributed by atoms with E-state index in [2.05, 4.69) is 5.32 Å². The fraction of sp³-hybridized carbons (Fsp3) is 0.579. The first kappa shape index (κ1) is 17.5. The molecule has 0 aromatic heterocycles. The number of amides is 2. The van der Waals surface area contributed by atoms with Gasteiger partial charge < -0.3 is 5.32 Å². The summed E-state index contributed by atoms with van der Waals surface area (Å²) in [6.45, 7) is 5.34. The zero-order chi connectivity index (χ0) is 16.9. The van der Waals surface area contributed by atoms with Gasteiger partial charge in [-0.3, -0.25) is 14.5 Å². The van der Waals surface area contributed by atoms with Gasteiger partial charge in [0.05, 0.1) is 0 Å². The molecule has 2 rings (SSSR count). The quantitative estimate of drug-likeness (QED) is 0.901. The Morgan fingerprint density at radius 3 is 2.30 bits per heavy atom. The third kappa shape index (κ3) is 3.92. The van der Waals surface area contributed by atoms with E-state index in [0.717, 1.165) is 18.5 Å². The second kappa shape index (κ2) is 7.62. The van der Waals surface area contributed by atoms with E-state index in [4.69, 9.17) is 0 Å². The zero-order valence-electron chi connectivity index (χ0n) is 14.5. The first-order valence-corrected chi connectivity index (χ1v) is 8.66. The van der Waals surface area contributed by atoms with Crippen molar-refractivity contribution < 1.29 is 9.59 Å². The molecular formula is C19H28N2O2. The summed E-state index contributed by atoms with van der Waals surface area (Å²) >= 11 is 0. The van der Waals surface area contributed by atoms with Gasteiger partial charge in [-0.1, -0.05) is 44.4 Å². The Kier molecular flexibility index (Phi) is 5.80. The second-order valence-electron chi connectivity index (χ2n) is 6.63. The number of carbonyl (C=O) groups is 2. The van der Waals surface area contributed by atoms with Crippen LogP contribution in [0.4, 0.5) is 5.69 Å². The number of rotatable bonds is 5. The maximum atomic E-state index is 13.0. The molecule has 0 spiro atoms. The number of para-hydroxylation sites is 1. The standard InChI is InChI=1S/C19H28N2O2/c1-4-19(3,18(23)20-16-11-7-5-8-12-16)21(15(2)22)17-13-9-6-10-14-17/h6,9-10,13-14,16H,4-5,7-8,11-12H2,1-3H3,(H,20,23)/t19-/m1/s1. The summed E-state index contributed by atoms with van der Waals surface area (Å²) in [4.78, 5) is 26.9. The largest absolute Gasteiger partial charge is 0.351 e. The molecule has 1 atom stereocenters. The summed E-state index contributed by atoms with van der Waals surface area (Å²) in [5.74, 6) is -0.162. The van der Waals surface area contributed by atoms with Crippen LogP contribution in [0, 0.1) is 0 Å². The lowest BCUT2D eigenvalue weighted by Crippen LogP contribution is -2.60. The molecule has 1 aliphatic rings. The van der Waals surface area contributed by atoms with Crippen LogP contribution in [0.2, 0.25) is 0 Å². The lowest BCUT2D eigenvalue weighted by atomic mass is 9.91. The normalized spacial score (nSPS) is 18.0. The Bertz CT molecular complexity index is 538. The summed E-state index contributed by atoms with van der Waals surface area (Å²) < 4.78 is 0. The van der Waals surface area contributed by atoms with Crippen molar-refractivity contribution in [1.29, 1.82) is 0 Å². The van der Waals surface area contributed by atoms with E-state index < -0.39 is 5.54 Å². The Labute approximate surface area is 139 Å². The van der Waals surface area contributed by atoms with Crippen LogP contribution in [-0.2, 0) is 9.59 Å². The summed E-state index contributed by atoms with van der Waals surface area (Å²) in [5.41, 5.74) is -0.104. The van der Waals surface area contributed by atoms with Crippen LogP contribution in [0.3, 0.4) is 0 Å². The smallest absolute Gasteiger partial charge is 0.246 e. The predicted octanol–water partition coefficient (Wildman–Crippen LogP) is 3.66. The van der Waals surface area contributed by atoms with E-state index in [9.17, 15) is 9.59 Å². The molecule has 0 heterocycles. The first-order valence-electron chi connectivity index (χ1n) is 8.66. The third-order valence-corrected chi connectivity index (χ3v) is 4.94. The van der Waals surface area contributed by atoms with Crippen molar-refractivity contribution in [3.63, 3.8) is 0 Å². The van der Waals surface area contributed by atoms with Crippen molar-refractivity contribution >= 4 is 17.5 Å². The molecule has 0 radical (unpaired) electrons. The highest BCUT2D eigenvalue weighted by molar-refractivity contribution is 6.02. The average molecular weight is 316 g/mol. The number of nitrogens with zero attached hydrogens (tertiary/aromatic N) is 1. The molecule has 2 amide bonds. The van der Waals surface area contributed by atoms with Gasteiger partial charge in [-0.2, -0.15) is 0 Å². The molecule has 0 saturated heterocycles. The number of nitrogens with one attached hydrogen (secondary N) is 1. The van der Waals surface area contributed by atoms with Gasteiger partial charge in [0.2, 0.25) is 11.8 Å². The van der Waals surface area contributed by atoms with Crippen LogP contribution in [0.15, 0.2) is 30.3 Å². The number of hydrogen-bond donors (Lipinski definition) is 1. The van der Waals surface area contributed by atoms with Crippen LogP contribution in [0.1, 0.15) is 59.3 Å². The van der Waals surface area contributed by atoms with Gasteiger partial charge in [-0.25, -0.2) is 0 Å². The van der Waals surface area contributed by atoms with Gasteiger partial charge in [0.15, 0.2) is 0 Å². The van der Waals surface area contributed by atoms with E-state index in [-0.39, 0.29) is 17.9 Å². The predicted molar refractivity (Wildman–Crippen MR) is 93.3 cm³/mol. The highest BCUT2D eigenvalue weighted by Crippen LogP contribution is 2.28. The molecule has 1 aromatic carbocycles. The highest BCUT2D eigenvalue weighted by Gasteiger charge is 2.41. The van der Waals surface area contributed by atoms with Crippen molar-refractivity contribution in [2.75, 3.05) is 4.90 Å². The lowest BCUT2D eigenvalue weighted by molar-refractivity contribution is -0.130. The van der Waals surface area contributed by atoms with Gasteiger partial charge in [0, 0.05) is 18.7 Å². The van der Waals surface area contributed by atoms with Crippen LogP contribution < -0.4 is 10.2 Å². The summed E-state index contributed by atoms with van der Waals surface area (Å²) in [5, 5.41) is 3.18. The maximum Gasteiger partial charge on any atom is 0.246 e. The Morgan fingerprint density at radius 2 is 1.78 bits per heavy atom. The van der Waals surface area contributed by atoms with Crippen LogP contribution >= 0.6 is 0 Å². The molecule has 126 valence electrons. The van der Waals surface area contributed by atoms with Gasteiger partial charge in [-0.05, 0) is 38.3 Å². The second-order valence-corrected chi connectivity index (χ2v) is 6.63. The summed E-state index contributed by atoms with van der Waals surface area (Å²) in [6.07, 6.45) is 6.24. The first-order chi connectivity index (χ1) is 11.0. The molecule has 0 bridgehead atoms. The molecule has 1 N–H and O–H groups in total. The minimum atomic E-state index is -0.870. The van der Waals surface area contributed by atoms with Crippen molar-refractivity contribution in [3.05, 3.63) is 30.3 Å². The molecule has 1 aromatic rings. The van der Waals surface area contributed by atoms with E-state index in [1.807, 2.05) is 44.2 Å². The van der Waals surface area contributed by atoms with Crippen molar-refractivity contribution in [2.45, 2.75) is 70.9 Å². The third-order valence-electron chi connectivity index (χ3n) is 4.94. The molecule has 0 aliphatic heterocycles. The molecule has 0 unspecified atom stereocenters. The van der Waals surface area contributed by atoms with E-state index in [1.165, 1.54) is 26.2 Å². The molecular weight excluding hydrogens is 288 g/mol. The average Bonchev–Trinajstić information content (AvgIpc) is 2.56. The zero-order valence-corrected chi connectivity index (χ0v) is 14.5. The molecule has 1 aliphatic carbocycles.